The number of nitrogens with one attached hydrogen (secondary N) is 1. The molecule has 1 heterocycles. The summed E-state index contributed by atoms with van der Waals surface area (Å²) in [4.78, 5) is 15.9. The van der Waals surface area contributed by atoms with Gasteiger partial charge < -0.3 is 5.32 Å². The number of hydrogen-bond donors (Lipinski definition) is 1. The second-order valence-electron chi connectivity index (χ2n) is 4.03. The van der Waals surface area contributed by atoms with E-state index in [1.165, 1.54) is 5.56 Å². The maximum Gasteiger partial charge on any atom is 0.253 e. The first kappa shape index (κ1) is 14.2. The Kier molecular flexibility index (Phi) is 5.10. The number of pyridine rings is 1. The molecule has 1 aromatic heterocycles. The van der Waals surface area contributed by atoms with Gasteiger partial charge in [-0.1, -0.05) is 40.2 Å². The highest BCUT2D eigenvalue weighted by Gasteiger charge is 2.06. The number of halogens is 2. The molecule has 0 spiro atoms. The number of amides is 1. The van der Waals surface area contributed by atoms with Crippen LogP contribution >= 0.6 is 31.9 Å². The van der Waals surface area contributed by atoms with E-state index in [2.05, 4.69) is 48.2 Å². The Labute approximate surface area is 128 Å². The highest BCUT2D eigenvalue weighted by Crippen LogP contribution is 2.11. The summed E-state index contributed by atoms with van der Waals surface area (Å²) in [5.41, 5.74) is 2.81. The lowest BCUT2D eigenvalue weighted by Crippen LogP contribution is -2.22. The summed E-state index contributed by atoms with van der Waals surface area (Å²) in [6, 6.07) is 9.83. The van der Waals surface area contributed by atoms with Gasteiger partial charge in [0.15, 0.2) is 0 Å². The molecular weight excluding hydrogens is 372 g/mol. The molecule has 1 N–H and O–H groups in total. The molecule has 0 saturated heterocycles. The summed E-state index contributed by atoms with van der Waals surface area (Å²) in [6.45, 7) is 0.506. The van der Waals surface area contributed by atoms with E-state index in [9.17, 15) is 4.79 Å². The molecule has 2 aromatic rings. The molecule has 3 nitrogen and oxygen atoms in total. The molecule has 19 heavy (non-hydrogen) atoms. The van der Waals surface area contributed by atoms with Gasteiger partial charge >= 0.3 is 0 Å². The zero-order valence-corrected chi connectivity index (χ0v) is 13.2. The average molecular weight is 384 g/mol. The quantitative estimate of drug-likeness (QED) is 0.818. The fraction of sp³-hybridized carbons (Fsp3) is 0.143. The van der Waals surface area contributed by atoms with E-state index in [-0.39, 0.29) is 5.91 Å². The van der Waals surface area contributed by atoms with Gasteiger partial charge in [0.05, 0.1) is 5.56 Å². The van der Waals surface area contributed by atoms with Crippen molar-refractivity contribution in [2.75, 3.05) is 0 Å². The summed E-state index contributed by atoms with van der Waals surface area (Å²) < 4.78 is 0.793. The number of rotatable bonds is 4. The van der Waals surface area contributed by atoms with Crippen LogP contribution in [0.25, 0.3) is 0 Å². The molecule has 0 unspecified atom stereocenters. The predicted molar refractivity (Wildman–Crippen MR) is 82.2 cm³/mol. The second kappa shape index (κ2) is 6.82. The van der Waals surface area contributed by atoms with E-state index < -0.39 is 0 Å². The van der Waals surface area contributed by atoms with Crippen LogP contribution in [0.4, 0.5) is 0 Å². The van der Waals surface area contributed by atoms with Crippen LogP contribution in [0.3, 0.4) is 0 Å². The number of aromatic nitrogens is 1. The Balaban J connectivity index is 2.00. The highest BCUT2D eigenvalue weighted by molar-refractivity contribution is 9.10. The summed E-state index contributed by atoms with van der Waals surface area (Å²) in [7, 11) is 0. The molecule has 98 valence electrons. The van der Waals surface area contributed by atoms with E-state index in [0.29, 0.717) is 12.1 Å². The smallest absolute Gasteiger partial charge is 0.253 e. The van der Waals surface area contributed by atoms with Gasteiger partial charge in [-0.05, 0) is 33.1 Å². The maximum atomic E-state index is 11.9. The van der Waals surface area contributed by atoms with Gasteiger partial charge in [0.2, 0.25) is 0 Å². The first-order valence-corrected chi connectivity index (χ1v) is 7.63. The summed E-state index contributed by atoms with van der Waals surface area (Å²) in [5, 5.41) is 3.69. The Hall–Kier alpha value is -1.20. The van der Waals surface area contributed by atoms with Crippen LogP contribution in [0.1, 0.15) is 21.5 Å². The van der Waals surface area contributed by atoms with E-state index in [4.69, 9.17) is 0 Å². The standard InChI is InChI=1S/C14H12Br2N2O/c15-6-10-2-1-3-11(4-10)7-18-14(19)12-5-13(16)9-17-8-12/h1-5,8-9H,6-7H2,(H,18,19). The normalized spacial score (nSPS) is 10.2. The SMILES string of the molecule is O=C(NCc1cccc(CBr)c1)c1cncc(Br)c1. The molecule has 0 bridgehead atoms. The minimum atomic E-state index is -0.127. The number of carbonyl (C=O) groups is 1. The van der Waals surface area contributed by atoms with E-state index in [0.717, 1.165) is 15.4 Å². The Morgan fingerprint density at radius 1 is 1.21 bits per heavy atom. The van der Waals surface area contributed by atoms with E-state index in [1.807, 2.05) is 18.2 Å². The number of hydrogen-bond acceptors (Lipinski definition) is 2. The van der Waals surface area contributed by atoms with Crippen LogP contribution < -0.4 is 5.32 Å². The summed E-state index contributed by atoms with van der Waals surface area (Å²) >= 11 is 6.71. The molecule has 2 rings (SSSR count). The maximum absolute atomic E-state index is 11.9. The molecule has 5 heteroatoms. The molecule has 0 radical (unpaired) electrons. The second-order valence-corrected chi connectivity index (χ2v) is 5.50. The average Bonchev–Trinajstić information content (AvgIpc) is 2.45. The lowest BCUT2D eigenvalue weighted by Gasteiger charge is -2.06. The van der Waals surface area contributed by atoms with Crippen molar-refractivity contribution in [2.24, 2.45) is 0 Å². The fourth-order valence-electron chi connectivity index (χ4n) is 1.64. The highest BCUT2D eigenvalue weighted by atomic mass is 79.9. The van der Waals surface area contributed by atoms with E-state index in [1.54, 1.807) is 18.5 Å². The topological polar surface area (TPSA) is 42.0 Å². The first-order valence-electron chi connectivity index (χ1n) is 5.71. The number of nitrogens with zero attached hydrogens (tertiary/aromatic N) is 1. The van der Waals surface area contributed by atoms with Crippen LogP contribution in [-0.2, 0) is 11.9 Å². The van der Waals surface area contributed by atoms with Crippen LogP contribution in [0, 0.1) is 0 Å². The molecular formula is C14H12Br2N2O. The third-order valence-electron chi connectivity index (χ3n) is 2.57. The Morgan fingerprint density at radius 3 is 2.74 bits per heavy atom. The van der Waals surface area contributed by atoms with Crippen LogP contribution in [-0.4, -0.2) is 10.9 Å². The zero-order valence-electron chi connectivity index (χ0n) is 10.1. The van der Waals surface area contributed by atoms with Gasteiger partial charge in [-0.15, -0.1) is 0 Å². The van der Waals surface area contributed by atoms with Gasteiger partial charge in [-0.3, -0.25) is 9.78 Å². The van der Waals surface area contributed by atoms with Crippen molar-refractivity contribution >= 4 is 37.8 Å². The van der Waals surface area contributed by atoms with Crippen molar-refractivity contribution < 1.29 is 4.79 Å². The van der Waals surface area contributed by atoms with Crippen molar-refractivity contribution in [1.82, 2.24) is 10.3 Å². The Bertz CT molecular complexity index is 587. The van der Waals surface area contributed by atoms with Gasteiger partial charge in [0.25, 0.3) is 5.91 Å². The molecule has 1 amide bonds. The van der Waals surface area contributed by atoms with Crippen LogP contribution in [0.5, 0.6) is 0 Å². The number of carbonyl (C=O) groups excluding carboxylic acids is 1. The van der Waals surface area contributed by atoms with Gasteiger partial charge in [-0.2, -0.15) is 0 Å². The first-order chi connectivity index (χ1) is 9.19. The Morgan fingerprint density at radius 2 is 2.00 bits per heavy atom. The monoisotopic (exact) mass is 382 g/mol. The zero-order chi connectivity index (χ0) is 13.7. The van der Waals surface area contributed by atoms with Crippen molar-refractivity contribution in [3.8, 4) is 0 Å². The van der Waals surface area contributed by atoms with Gasteiger partial charge in [0.1, 0.15) is 0 Å². The molecule has 0 aliphatic rings. The van der Waals surface area contributed by atoms with Crippen molar-refractivity contribution in [3.63, 3.8) is 0 Å². The minimum Gasteiger partial charge on any atom is -0.348 e. The fourth-order valence-corrected chi connectivity index (χ4v) is 2.36. The molecule has 0 aliphatic carbocycles. The van der Waals surface area contributed by atoms with Crippen LogP contribution in [0.15, 0.2) is 47.2 Å². The summed E-state index contributed by atoms with van der Waals surface area (Å²) in [6.07, 6.45) is 3.20. The van der Waals surface area contributed by atoms with Crippen molar-refractivity contribution in [3.05, 3.63) is 63.9 Å². The molecule has 0 fully saturated rings. The lowest BCUT2D eigenvalue weighted by molar-refractivity contribution is 0.0950. The van der Waals surface area contributed by atoms with Crippen molar-refractivity contribution in [1.29, 1.82) is 0 Å². The molecule has 0 aliphatic heterocycles. The van der Waals surface area contributed by atoms with Crippen molar-refractivity contribution in [2.45, 2.75) is 11.9 Å². The van der Waals surface area contributed by atoms with E-state index >= 15 is 0 Å². The molecule has 1 aromatic carbocycles. The molecule has 0 atom stereocenters. The van der Waals surface area contributed by atoms with Gasteiger partial charge in [0, 0.05) is 28.7 Å². The summed E-state index contributed by atoms with van der Waals surface area (Å²) in [5.74, 6) is -0.127. The number of benzene rings is 1. The number of alkyl halides is 1. The largest absolute Gasteiger partial charge is 0.348 e. The molecule has 0 saturated carbocycles. The van der Waals surface area contributed by atoms with Gasteiger partial charge in [-0.25, -0.2) is 0 Å². The lowest BCUT2D eigenvalue weighted by atomic mass is 10.1. The van der Waals surface area contributed by atoms with Crippen LogP contribution in [0.2, 0.25) is 0 Å². The predicted octanol–water partition coefficient (Wildman–Crippen LogP) is 3.67. The third-order valence-corrected chi connectivity index (χ3v) is 3.65. The third kappa shape index (κ3) is 4.14. The minimum absolute atomic E-state index is 0.127.